The van der Waals surface area contributed by atoms with E-state index in [0.29, 0.717) is 11.5 Å². The molecule has 0 aromatic carbocycles. The highest BCUT2D eigenvalue weighted by atomic mass is 16.2. The summed E-state index contributed by atoms with van der Waals surface area (Å²) in [7, 11) is 2.08. The predicted molar refractivity (Wildman–Crippen MR) is 121 cm³/mol. The molecule has 4 atom stereocenters. The van der Waals surface area contributed by atoms with Crippen LogP contribution in [-0.4, -0.2) is 64.5 Å². The number of fused-ring (bicyclic) bond motifs is 3. The van der Waals surface area contributed by atoms with Crippen molar-refractivity contribution in [1.82, 2.24) is 31.2 Å². The lowest BCUT2D eigenvalue weighted by atomic mass is 9.90. The number of anilines is 2. The first-order valence-electron chi connectivity index (χ1n) is 12.7. The van der Waals surface area contributed by atoms with Crippen molar-refractivity contribution in [2.24, 2.45) is 5.92 Å². The largest absolute Gasteiger partial charge is 0.368 e. The number of nitrogens with one attached hydrogen (secondary N) is 5. The zero-order valence-corrected chi connectivity index (χ0v) is 18.3. The molecule has 10 heteroatoms. The van der Waals surface area contributed by atoms with Crippen LogP contribution in [0.3, 0.4) is 0 Å². The Labute approximate surface area is 192 Å². The van der Waals surface area contributed by atoms with Gasteiger partial charge in [-0.05, 0) is 39.8 Å². The summed E-state index contributed by atoms with van der Waals surface area (Å²) in [5.74, 6) is -0.266. The van der Waals surface area contributed by atoms with Crippen LogP contribution < -0.4 is 26.9 Å². The lowest BCUT2D eigenvalue weighted by molar-refractivity contribution is -0.117. The number of nitrogens with zero attached hydrogens (tertiary/aromatic N) is 3. The summed E-state index contributed by atoms with van der Waals surface area (Å²) in [4.78, 5) is 31.8. The molecule has 10 nitrogen and oxygen atoms in total. The van der Waals surface area contributed by atoms with Gasteiger partial charge in [0, 0.05) is 34.9 Å². The molecule has 172 valence electrons. The van der Waals surface area contributed by atoms with Crippen molar-refractivity contribution in [3.63, 3.8) is 0 Å². The van der Waals surface area contributed by atoms with E-state index in [1.54, 1.807) is 6.07 Å². The number of amides is 1. The van der Waals surface area contributed by atoms with Gasteiger partial charge >= 0.3 is 0 Å². The number of piperidine rings is 1. The molecule has 3 fully saturated rings. The van der Waals surface area contributed by atoms with Gasteiger partial charge in [0.15, 0.2) is 5.78 Å². The quantitative estimate of drug-likeness (QED) is 0.411. The lowest BCUT2D eigenvalue weighted by Gasteiger charge is -2.54. The summed E-state index contributed by atoms with van der Waals surface area (Å²) in [5, 5.41) is 12.0. The molecule has 1 saturated carbocycles. The Morgan fingerprint density at radius 1 is 1.34 bits per heavy atom. The predicted octanol–water partition coefficient (Wildman–Crippen LogP) is 0.991. The second kappa shape index (κ2) is 8.34. The van der Waals surface area contributed by atoms with Gasteiger partial charge in [0.05, 0.1) is 41.2 Å². The SMILES string of the molecule is [2H]C([2H])([2H])CC(=O)c1cnc(NC(=O)C2CC2)cc1NC1NCCC2C1N(C)C(C)C1=CNNN12. The summed E-state index contributed by atoms with van der Waals surface area (Å²) in [6, 6.07) is 1.97. The number of rotatable bonds is 6. The Morgan fingerprint density at radius 2 is 2.19 bits per heavy atom. The van der Waals surface area contributed by atoms with Gasteiger partial charge in [-0.2, -0.15) is 0 Å². The molecule has 0 bridgehead atoms. The fourth-order valence-electron chi connectivity index (χ4n) is 4.90. The van der Waals surface area contributed by atoms with Gasteiger partial charge in [-0.15, -0.1) is 5.53 Å². The smallest absolute Gasteiger partial charge is 0.228 e. The highest BCUT2D eigenvalue weighted by Gasteiger charge is 2.48. The molecule has 1 aliphatic carbocycles. The van der Waals surface area contributed by atoms with Crippen LogP contribution in [0.1, 0.15) is 53.9 Å². The second-order valence-electron chi connectivity index (χ2n) is 8.94. The summed E-state index contributed by atoms with van der Waals surface area (Å²) in [6.45, 7) is 0.498. The Bertz CT molecular complexity index is 1040. The van der Waals surface area contributed by atoms with Gasteiger partial charge in [0.25, 0.3) is 0 Å². The summed E-state index contributed by atoms with van der Waals surface area (Å²) in [6.07, 6.45) is 5.15. The number of carbonyl (C=O) groups is 2. The van der Waals surface area contributed by atoms with Gasteiger partial charge in [0.2, 0.25) is 5.91 Å². The number of hydrazine groups is 2. The molecular weight excluding hydrogens is 408 g/mol. The van der Waals surface area contributed by atoms with Gasteiger partial charge in [-0.1, -0.05) is 6.85 Å². The molecule has 5 N–H and O–H groups in total. The Hall–Kier alpha value is -2.69. The number of aromatic nitrogens is 1. The highest BCUT2D eigenvalue weighted by molar-refractivity contribution is 6.02. The monoisotopic (exact) mass is 443 g/mol. The van der Waals surface area contributed by atoms with E-state index >= 15 is 0 Å². The fourth-order valence-corrected chi connectivity index (χ4v) is 4.90. The van der Waals surface area contributed by atoms with Gasteiger partial charge < -0.3 is 16.1 Å². The molecule has 4 heterocycles. The van der Waals surface area contributed by atoms with Crippen molar-refractivity contribution >= 4 is 23.2 Å². The third-order valence-electron chi connectivity index (χ3n) is 6.94. The number of hydrogen-bond donors (Lipinski definition) is 5. The molecule has 4 aliphatic rings. The molecule has 4 unspecified atom stereocenters. The molecule has 3 aliphatic heterocycles. The van der Waals surface area contributed by atoms with Crippen molar-refractivity contribution < 1.29 is 13.7 Å². The van der Waals surface area contributed by atoms with Crippen LogP contribution in [0.15, 0.2) is 24.2 Å². The minimum atomic E-state index is -2.39. The van der Waals surface area contributed by atoms with E-state index in [0.717, 1.165) is 31.5 Å². The first-order valence-corrected chi connectivity index (χ1v) is 11.2. The summed E-state index contributed by atoms with van der Waals surface area (Å²) < 4.78 is 22.6. The number of carbonyl (C=O) groups excluding carboxylic acids is 2. The lowest BCUT2D eigenvalue weighted by Crippen LogP contribution is -2.72. The molecule has 1 amide bonds. The van der Waals surface area contributed by atoms with Crippen molar-refractivity contribution in [3.8, 4) is 0 Å². The number of Topliss-reactive ketones (excluding diaryl/α,β-unsaturated/α-hetero) is 1. The zero-order chi connectivity index (χ0) is 24.9. The number of hydrogen-bond acceptors (Lipinski definition) is 9. The Morgan fingerprint density at radius 3 is 2.97 bits per heavy atom. The summed E-state index contributed by atoms with van der Waals surface area (Å²) in [5.41, 5.74) is 8.14. The fraction of sp³-hybridized carbons (Fsp3) is 0.591. The van der Waals surface area contributed by atoms with Crippen LogP contribution in [-0.2, 0) is 4.79 Å². The van der Waals surface area contributed by atoms with Crippen LogP contribution >= 0.6 is 0 Å². The normalized spacial score (nSPS) is 31.2. The first-order chi connectivity index (χ1) is 16.6. The van der Waals surface area contributed by atoms with E-state index in [1.807, 2.05) is 6.20 Å². The van der Waals surface area contributed by atoms with Gasteiger partial charge in [0.1, 0.15) is 5.82 Å². The average Bonchev–Trinajstić information content (AvgIpc) is 3.53. The number of piperazine rings is 1. The van der Waals surface area contributed by atoms with Crippen LogP contribution in [0, 0.1) is 5.92 Å². The van der Waals surface area contributed by atoms with E-state index in [2.05, 4.69) is 55.8 Å². The number of ketones is 1. The van der Waals surface area contributed by atoms with Crippen molar-refractivity contribution in [1.29, 1.82) is 0 Å². The van der Waals surface area contributed by atoms with E-state index in [9.17, 15) is 9.59 Å². The van der Waals surface area contributed by atoms with Crippen molar-refractivity contribution in [2.45, 2.75) is 63.8 Å². The molecule has 2 saturated heterocycles. The molecule has 0 spiro atoms. The zero-order valence-electron chi connectivity index (χ0n) is 21.3. The van der Waals surface area contributed by atoms with E-state index in [4.69, 9.17) is 4.11 Å². The maximum atomic E-state index is 12.9. The molecule has 32 heavy (non-hydrogen) atoms. The third-order valence-corrected chi connectivity index (χ3v) is 6.94. The van der Waals surface area contributed by atoms with E-state index in [1.165, 1.54) is 6.20 Å². The molecule has 1 aromatic rings. The number of pyridine rings is 1. The first kappa shape index (κ1) is 17.8. The highest BCUT2D eigenvalue weighted by Crippen LogP contribution is 2.34. The standard InChI is InChI=1S/C22H32N8O2/c1-4-18(31)14-10-24-19(27-22(32)13-5-6-13)9-15(14)26-21-20-16(7-8-23-21)30-17(11-25-28-30)12(2)29(20)3/h9-13,16,20-21,23,25,28H,4-8H2,1-3H3,(H2,24,26,27,32)/i1D3. The maximum absolute atomic E-state index is 12.9. The maximum Gasteiger partial charge on any atom is 0.228 e. The van der Waals surface area contributed by atoms with E-state index in [-0.39, 0.29) is 41.7 Å². The molecule has 5 rings (SSSR count). The molecule has 0 radical (unpaired) electrons. The van der Waals surface area contributed by atoms with Crippen LogP contribution in [0.5, 0.6) is 0 Å². The molecule has 1 aromatic heterocycles. The van der Waals surface area contributed by atoms with Crippen LogP contribution in [0.4, 0.5) is 11.5 Å². The van der Waals surface area contributed by atoms with Crippen molar-refractivity contribution in [3.05, 3.63) is 29.7 Å². The minimum Gasteiger partial charge on any atom is -0.368 e. The van der Waals surface area contributed by atoms with Gasteiger partial charge in [-0.25, -0.2) is 4.98 Å². The second-order valence-corrected chi connectivity index (χ2v) is 8.94. The van der Waals surface area contributed by atoms with E-state index < -0.39 is 19.1 Å². The van der Waals surface area contributed by atoms with Crippen LogP contribution in [0.25, 0.3) is 0 Å². The van der Waals surface area contributed by atoms with Crippen LogP contribution in [0.2, 0.25) is 0 Å². The number of likely N-dealkylation sites (N-methyl/N-ethyl adjacent to an activating group) is 1. The third kappa shape index (κ3) is 3.72. The molecular formula is C22H32N8O2. The average molecular weight is 444 g/mol. The Balaban J connectivity index is 1.44. The van der Waals surface area contributed by atoms with Gasteiger partial charge in [-0.3, -0.25) is 24.8 Å². The van der Waals surface area contributed by atoms with Crippen molar-refractivity contribution in [2.75, 3.05) is 24.2 Å². The minimum absolute atomic E-state index is 0.00652. The topological polar surface area (TPSA) is 114 Å². The Kier molecular flexibility index (Phi) is 4.64. The summed E-state index contributed by atoms with van der Waals surface area (Å²) >= 11 is 0.